The molecule has 0 bridgehead atoms. The third-order valence-corrected chi connectivity index (χ3v) is 4.65. The number of carboxylic acids is 1. The maximum absolute atomic E-state index is 10.7. The second-order valence-corrected chi connectivity index (χ2v) is 6.71. The van der Waals surface area contributed by atoms with Crippen LogP contribution in [0.2, 0.25) is 0 Å². The lowest BCUT2D eigenvalue weighted by molar-refractivity contribution is -0.131. The zero-order valence-corrected chi connectivity index (χ0v) is 14.9. The van der Waals surface area contributed by atoms with Crippen LogP contribution in [-0.2, 0) is 4.79 Å². The summed E-state index contributed by atoms with van der Waals surface area (Å²) < 4.78 is 0. The third kappa shape index (κ3) is 5.13. The van der Waals surface area contributed by atoms with Gasteiger partial charge in [0, 0.05) is 18.2 Å². The summed E-state index contributed by atoms with van der Waals surface area (Å²) in [7, 11) is 2.17. The molecule has 136 valence electrons. The molecule has 0 spiro atoms. The smallest absolute Gasteiger partial charge is 0.328 e. The Morgan fingerprint density at radius 3 is 2.92 bits per heavy atom. The summed E-state index contributed by atoms with van der Waals surface area (Å²) in [5.41, 5.74) is 2.49. The second kappa shape index (κ2) is 8.58. The minimum atomic E-state index is -0.963. The van der Waals surface area contributed by atoms with Gasteiger partial charge in [0.05, 0.1) is 18.1 Å². The van der Waals surface area contributed by atoms with Crippen molar-refractivity contribution in [2.45, 2.75) is 12.8 Å². The molecule has 0 amide bonds. The van der Waals surface area contributed by atoms with Gasteiger partial charge in [0.25, 0.3) is 0 Å². The lowest BCUT2D eigenvalue weighted by Gasteiger charge is -2.29. The Morgan fingerprint density at radius 2 is 2.15 bits per heavy atom. The molecule has 0 saturated carbocycles. The van der Waals surface area contributed by atoms with Crippen LogP contribution in [0.25, 0.3) is 17.3 Å². The first kappa shape index (κ1) is 18.1. The van der Waals surface area contributed by atoms with Crippen LogP contribution in [0.3, 0.4) is 0 Å². The molecule has 1 aliphatic heterocycles. The summed E-state index contributed by atoms with van der Waals surface area (Å²) >= 11 is 0. The maximum atomic E-state index is 10.7. The summed E-state index contributed by atoms with van der Waals surface area (Å²) in [6.07, 6.45) is 8.57. The molecule has 2 heterocycles. The van der Waals surface area contributed by atoms with E-state index in [-0.39, 0.29) is 0 Å². The highest BCUT2D eigenvalue weighted by molar-refractivity contribution is 5.85. The van der Waals surface area contributed by atoms with Gasteiger partial charge in [-0.15, -0.1) is 0 Å². The molecule has 26 heavy (non-hydrogen) atoms. The van der Waals surface area contributed by atoms with E-state index in [1.165, 1.54) is 12.8 Å². The molecule has 1 aliphatic rings. The first-order chi connectivity index (χ1) is 12.6. The highest BCUT2D eigenvalue weighted by Crippen LogP contribution is 2.21. The molecule has 6 heteroatoms. The quantitative estimate of drug-likeness (QED) is 0.778. The topological polar surface area (TPSA) is 78.4 Å². The van der Waals surface area contributed by atoms with E-state index in [9.17, 15) is 4.79 Å². The van der Waals surface area contributed by atoms with Gasteiger partial charge in [-0.1, -0.05) is 18.2 Å². The number of benzene rings is 1. The summed E-state index contributed by atoms with van der Waals surface area (Å²) in [4.78, 5) is 22.0. The predicted octanol–water partition coefficient (Wildman–Crippen LogP) is 3.00. The zero-order chi connectivity index (χ0) is 18.4. The summed E-state index contributed by atoms with van der Waals surface area (Å²) in [5.74, 6) is 0.476. The Labute approximate surface area is 153 Å². The number of rotatable bonds is 6. The number of carbonyl (C=O) groups is 1. The normalized spacial score (nSPS) is 16.0. The molecule has 2 N–H and O–H groups in total. The lowest BCUT2D eigenvalue weighted by atomic mass is 9.97. The minimum absolute atomic E-state index is 0.668. The molecule has 0 unspecified atom stereocenters. The van der Waals surface area contributed by atoms with E-state index < -0.39 is 5.97 Å². The molecule has 1 fully saturated rings. The zero-order valence-electron chi connectivity index (χ0n) is 14.9. The van der Waals surface area contributed by atoms with Crippen LogP contribution in [0.4, 0.5) is 5.82 Å². The Morgan fingerprint density at radius 1 is 1.35 bits per heavy atom. The largest absolute Gasteiger partial charge is 0.478 e. The van der Waals surface area contributed by atoms with Crippen molar-refractivity contribution in [2.24, 2.45) is 5.92 Å². The lowest BCUT2D eigenvalue weighted by Crippen LogP contribution is -2.33. The van der Waals surface area contributed by atoms with Gasteiger partial charge in [0.2, 0.25) is 0 Å². The fourth-order valence-electron chi connectivity index (χ4n) is 3.07. The number of piperidine rings is 1. The van der Waals surface area contributed by atoms with Crippen molar-refractivity contribution in [2.75, 3.05) is 32.0 Å². The molecule has 2 aromatic rings. The van der Waals surface area contributed by atoms with Crippen molar-refractivity contribution in [3.63, 3.8) is 0 Å². The van der Waals surface area contributed by atoms with E-state index in [1.807, 2.05) is 24.3 Å². The Hall–Kier alpha value is -2.73. The van der Waals surface area contributed by atoms with E-state index in [2.05, 4.69) is 27.2 Å². The number of nitrogens with one attached hydrogen (secondary N) is 1. The monoisotopic (exact) mass is 352 g/mol. The number of hydrogen-bond donors (Lipinski definition) is 2. The molecular formula is C20H24N4O2. The van der Waals surface area contributed by atoms with Gasteiger partial charge in [-0.25, -0.2) is 9.78 Å². The Balaban J connectivity index is 1.67. The van der Waals surface area contributed by atoms with Crippen LogP contribution in [0.1, 0.15) is 18.4 Å². The van der Waals surface area contributed by atoms with Crippen LogP contribution in [0.15, 0.2) is 42.7 Å². The predicted molar refractivity (Wildman–Crippen MR) is 103 cm³/mol. The average molecular weight is 352 g/mol. The Bertz CT molecular complexity index is 783. The fourth-order valence-corrected chi connectivity index (χ4v) is 3.07. The van der Waals surface area contributed by atoms with Crippen LogP contribution < -0.4 is 5.32 Å². The van der Waals surface area contributed by atoms with E-state index in [1.54, 1.807) is 18.5 Å². The van der Waals surface area contributed by atoms with Crippen molar-refractivity contribution in [1.82, 2.24) is 14.9 Å². The number of nitrogens with zero attached hydrogens (tertiary/aromatic N) is 3. The van der Waals surface area contributed by atoms with Crippen LogP contribution in [0.5, 0.6) is 0 Å². The number of anilines is 1. The van der Waals surface area contributed by atoms with Gasteiger partial charge < -0.3 is 15.3 Å². The molecule has 1 aromatic carbocycles. The fraction of sp³-hybridized carbons (Fsp3) is 0.350. The van der Waals surface area contributed by atoms with Crippen molar-refractivity contribution < 1.29 is 9.90 Å². The van der Waals surface area contributed by atoms with E-state index >= 15 is 0 Å². The van der Waals surface area contributed by atoms with Gasteiger partial charge in [0.1, 0.15) is 5.82 Å². The minimum Gasteiger partial charge on any atom is -0.478 e. The van der Waals surface area contributed by atoms with Crippen molar-refractivity contribution in [3.05, 3.63) is 48.3 Å². The standard InChI is InChI=1S/C20H24N4O2/c1-24-9-7-16(8-10-24)12-22-19-14-21-13-18(23-19)17-4-2-3-15(11-17)5-6-20(25)26/h2-6,11,13-14,16H,7-10,12H2,1H3,(H,22,23)(H,25,26)/b6-5+. The molecule has 6 nitrogen and oxygen atoms in total. The van der Waals surface area contributed by atoms with Crippen LogP contribution in [-0.4, -0.2) is 52.6 Å². The third-order valence-electron chi connectivity index (χ3n) is 4.65. The van der Waals surface area contributed by atoms with E-state index in [4.69, 9.17) is 5.11 Å². The SMILES string of the molecule is CN1CCC(CNc2cncc(-c3cccc(/C=C/C(=O)O)c3)n2)CC1. The summed E-state index contributed by atoms with van der Waals surface area (Å²) in [6.45, 7) is 3.21. The molecular weight excluding hydrogens is 328 g/mol. The first-order valence-corrected chi connectivity index (χ1v) is 8.86. The van der Waals surface area contributed by atoms with Gasteiger partial charge >= 0.3 is 5.97 Å². The summed E-state index contributed by atoms with van der Waals surface area (Å²) in [5, 5.41) is 12.2. The van der Waals surface area contributed by atoms with Crippen molar-refractivity contribution in [1.29, 1.82) is 0 Å². The number of likely N-dealkylation sites (tertiary alicyclic amines) is 1. The van der Waals surface area contributed by atoms with Gasteiger partial charge in [0.15, 0.2) is 0 Å². The van der Waals surface area contributed by atoms with E-state index in [0.29, 0.717) is 5.92 Å². The second-order valence-electron chi connectivity index (χ2n) is 6.71. The maximum Gasteiger partial charge on any atom is 0.328 e. The molecule has 0 aliphatic carbocycles. The number of aromatic nitrogens is 2. The number of carboxylic acid groups (broad SMARTS) is 1. The number of hydrogen-bond acceptors (Lipinski definition) is 5. The van der Waals surface area contributed by atoms with Crippen molar-refractivity contribution >= 4 is 17.9 Å². The Kier molecular flexibility index (Phi) is 5.96. The molecule has 0 radical (unpaired) electrons. The first-order valence-electron chi connectivity index (χ1n) is 8.86. The van der Waals surface area contributed by atoms with Crippen molar-refractivity contribution in [3.8, 4) is 11.3 Å². The number of aliphatic carboxylic acids is 1. The van der Waals surface area contributed by atoms with Crippen LogP contribution >= 0.6 is 0 Å². The molecule has 1 saturated heterocycles. The van der Waals surface area contributed by atoms with Gasteiger partial charge in [-0.3, -0.25) is 4.98 Å². The summed E-state index contributed by atoms with van der Waals surface area (Å²) in [6, 6.07) is 7.60. The van der Waals surface area contributed by atoms with Gasteiger partial charge in [-0.2, -0.15) is 0 Å². The average Bonchev–Trinajstić information content (AvgIpc) is 2.66. The van der Waals surface area contributed by atoms with E-state index in [0.717, 1.165) is 48.3 Å². The molecule has 3 rings (SSSR count). The molecule has 0 atom stereocenters. The highest BCUT2D eigenvalue weighted by Gasteiger charge is 2.16. The van der Waals surface area contributed by atoms with Crippen LogP contribution in [0, 0.1) is 5.92 Å². The highest BCUT2D eigenvalue weighted by atomic mass is 16.4. The molecule has 1 aromatic heterocycles. The van der Waals surface area contributed by atoms with Gasteiger partial charge in [-0.05, 0) is 56.6 Å².